The van der Waals surface area contributed by atoms with Crippen molar-refractivity contribution in [2.75, 3.05) is 18.0 Å². The molecule has 1 unspecified atom stereocenters. The zero-order valence-corrected chi connectivity index (χ0v) is 10.1. The topological polar surface area (TPSA) is 69.5 Å². The van der Waals surface area contributed by atoms with Crippen LogP contribution in [0, 0.1) is 5.92 Å². The highest BCUT2D eigenvalue weighted by Crippen LogP contribution is 2.22. The maximum absolute atomic E-state index is 9.52. The Morgan fingerprint density at radius 3 is 2.41 bits per heavy atom. The normalized spacial score (nSPS) is 19.4. The molecule has 1 aromatic rings. The van der Waals surface area contributed by atoms with Crippen LogP contribution in [0.3, 0.4) is 0 Å². The summed E-state index contributed by atoms with van der Waals surface area (Å²) in [6.07, 6.45) is 5.03. The highest BCUT2D eigenvalue weighted by Gasteiger charge is 2.23. The lowest BCUT2D eigenvalue weighted by molar-refractivity contribution is 0.109. The molecule has 94 valence electrons. The van der Waals surface area contributed by atoms with Crippen molar-refractivity contribution in [2.45, 2.75) is 32.5 Å². The summed E-state index contributed by atoms with van der Waals surface area (Å²) >= 11 is 0. The molecule has 0 amide bonds. The first kappa shape index (κ1) is 12.3. The van der Waals surface area contributed by atoms with E-state index in [1.807, 2.05) is 6.92 Å². The summed E-state index contributed by atoms with van der Waals surface area (Å²) in [4.78, 5) is 10.6. The number of nitrogens with zero attached hydrogens (tertiary/aromatic N) is 3. The van der Waals surface area contributed by atoms with Crippen LogP contribution in [0.15, 0.2) is 12.4 Å². The lowest BCUT2D eigenvalue weighted by atomic mass is 9.92. The van der Waals surface area contributed by atoms with E-state index in [0.29, 0.717) is 11.9 Å². The summed E-state index contributed by atoms with van der Waals surface area (Å²) in [5.41, 5.74) is 0.729. The largest absolute Gasteiger partial charge is 0.393 e. The highest BCUT2D eigenvalue weighted by molar-refractivity contribution is 5.30. The van der Waals surface area contributed by atoms with Gasteiger partial charge < -0.3 is 15.1 Å². The van der Waals surface area contributed by atoms with Gasteiger partial charge in [0.1, 0.15) is 0 Å². The minimum atomic E-state index is -0.227. The molecule has 2 N–H and O–H groups in total. The summed E-state index contributed by atoms with van der Waals surface area (Å²) in [5, 5.41) is 18.4. The van der Waals surface area contributed by atoms with E-state index < -0.39 is 0 Å². The highest BCUT2D eigenvalue weighted by atomic mass is 16.3. The van der Waals surface area contributed by atoms with Gasteiger partial charge in [-0.15, -0.1) is 0 Å². The van der Waals surface area contributed by atoms with Crippen molar-refractivity contribution in [3.8, 4) is 0 Å². The summed E-state index contributed by atoms with van der Waals surface area (Å²) < 4.78 is 0. The molecule has 0 aromatic carbocycles. The van der Waals surface area contributed by atoms with Crippen LogP contribution in [0.2, 0.25) is 0 Å². The first-order chi connectivity index (χ1) is 8.20. The second kappa shape index (κ2) is 5.42. The Morgan fingerprint density at radius 1 is 1.35 bits per heavy atom. The molecule has 0 bridgehead atoms. The Balaban J connectivity index is 1.95. The Bertz CT molecular complexity index is 345. The molecule has 1 fully saturated rings. The van der Waals surface area contributed by atoms with E-state index in [-0.39, 0.29) is 12.7 Å². The zero-order valence-electron chi connectivity index (χ0n) is 10.1. The quantitative estimate of drug-likeness (QED) is 0.804. The molecule has 1 aromatic heterocycles. The number of aliphatic hydroxyl groups excluding tert-OH is 2. The third-order valence-electron chi connectivity index (χ3n) is 3.38. The average Bonchev–Trinajstić information content (AvgIpc) is 2.39. The monoisotopic (exact) mass is 237 g/mol. The van der Waals surface area contributed by atoms with E-state index in [0.717, 1.165) is 31.5 Å². The first-order valence-corrected chi connectivity index (χ1v) is 6.05. The van der Waals surface area contributed by atoms with Crippen molar-refractivity contribution in [1.82, 2.24) is 9.97 Å². The summed E-state index contributed by atoms with van der Waals surface area (Å²) in [5.74, 6) is 1.11. The van der Waals surface area contributed by atoms with Crippen LogP contribution in [0.25, 0.3) is 0 Å². The second-order valence-electron chi connectivity index (χ2n) is 4.61. The molecular formula is C12H19N3O2. The van der Waals surface area contributed by atoms with Gasteiger partial charge in [0, 0.05) is 31.0 Å². The molecule has 0 aliphatic carbocycles. The van der Waals surface area contributed by atoms with Gasteiger partial charge in [0.05, 0.1) is 12.7 Å². The fraction of sp³-hybridized carbons (Fsp3) is 0.667. The molecule has 1 atom stereocenters. The van der Waals surface area contributed by atoms with Gasteiger partial charge in [0.15, 0.2) is 0 Å². The summed E-state index contributed by atoms with van der Waals surface area (Å²) in [7, 11) is 0. The molecule has 0 spiro atoms. The number of piperidine rings is 1. The lowest BCUT2D eigenvalue weighted by Gasteiger charge is -2.33. The van der Waals surface area contributed by atoms with Gasteiger partial charge in [-0.1, -0.05) is 0 Å². The van der Waals surface area contributed by atoms with Gasteiger partial charge in [0.25, 0.3) is 0 Å². The number of anilines is 1. The van der Waals surface area contributed by atoms with E-state index >= 15 is 0 Å². The first-order valence-electron chi connectivity index (χ1n) is 6.05. The molecule has 2 heterocycles. The van der Waals surface area contributed by atoms with E-state index in [9.17, 15) is 5.11 Å². The minimum absolute atomic E-state index is 0.0234. The average molecular weight is 237 g/mol. The number of hydrogen-bond donors (Lipinski definition) is 2. The van der Waals surface area contributed by atoms with Crippen molar-refractivity contribution in [3.63, 3.8) is 0 Å². The maximum atomic E-state index is 9.52. The van der Waals surface area contributed by atoms with Crippen LogP contribution in [0.4, 0.5) is 5.95 Å². The van der Waals surface area contributed by atoms with E-state index in [1.165, 1.54) is 0 Å². The van der Waals surface area contributed by atoms with Crippen molar-refractivity contribution in [2.24, 2.45) is 5.92 Å². The number of aromatic nitrogens is 2. The molecule has 5 heteroatoms. The van der Waals surface area contributed by atoms with Crippen LogP contribution in [-0.4, -0.2) is 39.4 Å². The predicted octanol–water partition coefficient (Wildman–Crippen LogP) is 0.566. The molecule has 2 rings (SSSR count). The zero-order chi connectivity index (χ0) is 12.3. The van der Waals surface area contributed by atoms with Crippen LogP contribution >= 0.6 is 0 Å². The van der Waals surface area contributed by atoms with Crippen molar-refractivity contribution < 1.29 is 10.2 Å². The van der Waals surface area contributed by atoms with Gasteiger partial charge in [0.2, 0.25) is 5.95 Å². The molecule has 1 saturated heterocycles. The van der Waals surface area contributed by atoms with Crippen LogP contribution < -0.4 is 4.90 Å². The Kier molecular flexibility index (Phi) is 3.91. The van der Waals surface area contributed by atoms with E-state index in [2.05, 4.69) is 14.9 Å². The van der Waals surface area contributed by atoms with Crippen LogP contribution in [-0.2, 0) is 6.61 Å². The van der Waals surface area contributed by atoms with Crippen molar-refractivity contribution in [1.29, 1.82) is 0 Å². The molecular weight excluding hydrogens is 218 g/mol. The number of rotatable bonds is 3. The Morgan fingerprint density at radius 2 is 1.94 bits per heavy atom. The smallest absolute Gasteiger partial charge is 0.225 e. The van der Waals surface area contributed by atoms with Gasteiger partial charge in [-0.2, -0.15) is 0 Å². The number of aliphatic hydroxyl groups is 2. The maximum Gasteiger partial charge on any atom is 0.225 e. The summed E-state index contributed by atoms with van der Waals surface area (Å²) in [6.45, 7) is 3.60. The molecule has 1 aliphatic rings. The molecule has 1 aliphatic heterocycles. The van der Waals surface area contributed by atoms with Crippen LogP contribution in [0.1, 0.15) is 25.3 Å². The fourth-order valence-corrected chi connectivity index (χ4v) is 2.17. The third kappa shape index (κ3) is 2.92. The van der Waals surface area contributed by atoms with Gasteiger partial charge in [-0.3, -0.25) is 0 Å². The number of hydrogen-bond acceptors (Lipinski definition) is 5. The van der Waals surface area contributed by atoms with Crippen molar-refractivity contribution >= 4 is 5.95 Å². The Hall–Kier alpha value is -1.20. The van der Waals surface area contributed by atoms with E-state index in [4.69, 9.17) is 5.11 Å². The van der Waals surface area contributed by atoms with E-state index in [1.54, 1.807) is 12.4 Å². The molecule has 17 heavy (non-hydrogen) atoms. The summed E-state index contributed by atoms with van der Waals surface area (Å²) in [6, 6.07) is 0. The van der Waals surface area contributed by atoms with Gasteiger partial charge in [-0.05, 0) is 25.7 Å². The van der Waals surface area contributed by atoms with Crippen molar-refractivity contribution in [3.05, 3.63) is 18.0 Å². The molecule has 0 saturated carbocycles. The second-order valence-corrected chi connectivity index (χ2v) is 4.61. The molecule has 5 nitrogen and oxygen atoms in total. The lowest BCUT2D eigenvalue weighted by Crippen LogP contribution is -2.37. The standard InChI is InChI=1S/C12H19N3O2/c1-9(17)11-2-4-15(5-3-11)12-13-6-10(8-16)7-14-12/h6-7,9,11,16-17H,2-5,8H2,1H3. The fourth-order valence-electron chi connectivity index (χ4n) is 2.17. The van der Waals surface area contributed by atoms with Gasteiger partial charge in [-0.25, -0.2) is 9.97 Å². The molecule has 0 radical (unpaired) electrons. The third-order valence-corrected chi connectivity index (χ3v) is 3.38. The Labute approximate surface area is 101 Å². The van der Waals surface area contributed by atoms with Gasteiger partial charge >= 0.3 is 0 Å². The van der Waals surface area contributed by atoms with Crippen LogP contribution in [0.5, 0.6) is 0 Å². The predicted molar refractivity (Wildman–Crippen MR) is 64.6 cm³/mol. The minimum Gasteiger partial charge on any atom is -0.393 e. The SMILES string of the molecule is CC(O)C1CCN(c2ncc(CO)cn2)CC1.